The second-order valence-electron chi connectivity index (χ2n) is 10.1. The summed E-state index contributed by atoms with van der Waals surface area (Å²) in [4.78, 5) is 0. The van der Waals surface area contributed by atoms with Gasteiger partial charge in [-0.2, -0.15) is 0 Å². The number of allylic oxidation sites excluding steroid dienone is 1. The number of rotatable bonds is 6. The van der Waals surface area contributed by atoms with Gasteiger partial charge in [0, 0.05) is 16.8 Å². The van der Waals surface area contributed by atoms with Crippen LogP contribution in [0.4, 0.5) is 0 Å². The summed E-state index contributed by atoms with van der Waals surface area (Å²) in [7, 11) is -4.63. The van der Waals surface area contributed by atoms with Crippen molar-refractivity contribution in [1.29, 1.82) is 0 Å². The summed E-state index contributed by atoms with van der Waals surface area (Å²) in [5.74, 6) is 0. The monoisotopic (exact) mass is 452 g/mol. The van der Waals surface area contributed by atoms with E-state index in [4.69, 9.17) is 4.43 Å². The molecule has 4 heteroatoms. The van der Waals surface area contributed by atoms with Crippen molar-refractivity contribution in [2.75, 3.05) is 6.16 Å². The summed E-state index contributed by atoms with van der Waals surface area (Å²) in [6.45, 7) is 15.9. The molecule has 31 heavy (non-hydrogen) atoms. The molecule has 0 amide bonds. The molecular formula is C27H37O2PSi. The van der Waals surface area contributed by atoms with E-state index < -0.39 is 15.5 Å². The molecule has 2 nitrogen and oxygen atoms in total. The van der Waals surface area contributed by atoms with Crippen molar-refractivity contribution in [2.24, 2.45) is 0 Å². The molecule has 1 atom stereocenters. The maximum Gasteiger partial charge on any atom is 0.192 e. The van der Waals surface area contributed by atoms with Gasteiger partial charge in [0.25, 0.3) is 0 Å². The van der Waals surface area contributed by atoms with Crippen LogP contribution in [0.2, 0.25) is 18.1 Å². The van der Waals surface area contributed by atoms with E-state index in [2.05, 4.69) is 46.5 Å². The fraction of sp³-hybridized carbons (Fsp3) is 0.407. The second kappa shape index (κ2) is 9.44. The van der Waals surface area contributed by atoms with Gasteiger partial charge in [-0.05, 0) is 48.5 Å². The van der Waals surface area contributed by atoms with Crippen LogP contribution in [-0.2, 0) is 8.99 Å². The highest BCUT2D eigenvalue weighted by Gasteiger charge is 2.40. The van der Waals surface area contributed by atoms with Crippen LogP contribution >= 0.6 is 7.14 Å². The molecule has 0 unspecified atom stereocenters. The van der Waals surface area contributed by atoms with Crippen LogP contribution in [0.15, 0.2) is 84.5 Å². The van der Waals surface area contributed by atoms with Gasteiger partial charge in [0.1, 0.15) is 7.14 Å². The first-order valence-corrected chi connectivity index (χ1v) is 16.1. The summed E-state index contributed by atoms with van der Waals surface area (Å²) < 4.78 is 21.0. The van der Waals surface area contributed by atoms with Crippen molar-refractivity contribution in [1.82, 2.24) is 0 Å². The molecule has 166 valence electrons. The Hall–Kier alpha value is -1.67. The lowest BCUT2D eigenvalue weighted by molar-refractivity contribution is 0.195. The third-order valence-electron chi connectivity index (χ3n) is 6.90. The molecule has 0 bridgehead atoms. The quantitative estimate of drug-likeness (QED) is 0.346. The van der Waals surface area contributed by atoms with E-state index in [1.54, 1.807) is 0 Å². The topological polar surface area (TPSA) is 26.3 Å². The lowest BCUT2D eigenvalue weighted by Gasteiger charge is -2.41. The lowest BCUT2D eigenvalue weighted by Crippen LogP contribution is -2.45. The number of hydrogen-bond acceptors (Lipinski definition) is 2. The number of benzene rings is 2. The standard InChI is InChI=1S/C27H37O2PSi/c1-22-23(14-13-19-26(22)29-31(5,6)27(2,3)4)20-21-30(28,24-15-9-7-10-16-24)25-17-11-8-12-18-25/h7-12,15-18,20,26H,1,13-14,19,21H2,2-6H3/t26-/m1/s1. The van der Waals surface area contributed by atoms with Gasteiger partial charge < -0.3 is 8.99 Å². The SMILES string of the molecule is C=C1C(=CCP(=O)(c2ccccc2)c2ccccc2)CCC[C@H]1O[Si](C)(C)C(C)(C)C. The average molecular weight is 453 g/mol. The van der Waals surface area contributed by atoms with Gasteiger partial charge in [-0.3, -0.25) is 0 Å². The molecule has 2 aromatic carbocycles. The predicted octanol–water partition coefficient (Wildman–Crippen LogP) is 7.06. The highest BCUT2D eigenvalue weighted by atomic mass is 31.2. The first-order valence-electron chi connectivity index (χ1n) is 11.3. The van der Waals surface area contributed by atoms with Crippen LogP contribution in [0.3, 0.4) is 0 Å². The largest absolute Gasteiger partial charge is 0.410 e. The summed E-state index contributed by atoms with van der Waals surface area (Å²) >= 11 is 0. The van der Waals surface area contributed by atoms with Crippen molar-refractivity contribution >= 4 is 26.1 Å². The van der Waals surface area contributed by atoms with Gasteiger partial charge in [0.2, 0.25) is 0 Å². The van der Waals surface area contributed by atoms with Crippen LogP contribution in [-0.4, -0.2) is 20.6 Å². The second-order valence-corrected chi connectivity index (χ2v) is 17.7. The molecule has 1 aliphatic rings. The number of hydrogen-bond donors (Lipinski definition) is 0. The molecule has 0 radical (unpaired) electrons. The maximum atomic E-state index is 14.3. The van der Waals surface area contributed by atoms with Gasteiger partial charge in [-0.25, -0.2) is 0 Å². The van der Waals surface area contributed by atoms with Crippen molar-refractivity contribution in [3.8, 4) is 0 Å². The summed E-state index contributed by atoms with van der Waals surface area (Å²) in [5, 5.41) is 1.99. The molecule has 0 aliphatic heterocycles. The molecule has 0 saturated heterocycles. The average Bonchev–Trinajstić information content (AvgIpc) is 2.74. The first kappa shape index (κ1) is 24.0. The van der Waals surface area contributed by atoms with Crippen molar-refractivity contribution in [3.63, 3.8) is 0 Å². The zero-order valence-electron chi connectivity index (χ0n) is 19.7. The van der Waals surface area contributed by atoms with Crippen molar-refractivity contribution in [2.45, 2.75) is 64.3 Å². The lowest BCUT2D eigenvalue weighted by atomic mass is 9.88. The first-order chi connectivity index (χ1) is 14.5. The molecule has 1 aliphatic carbocycles. The smallest absolute Gasteiger partial charge is 0.192 e. The van der Waals surface area contributed by atoms with Gasteiger partial charge in [-0.1, -0.05) is 94.1 Å². The predicted molar refractivity (Wildman–Crippen MR) is 138 cm³/mol. The maximum absolute atomic E-state index is 14.3. The van der Waals surface area contributed by atoms with Crippen molar-refractivity contribution in [3.05, 3.63) is 84.5 Å². The summed E-state index contributed by atoms with van der Waals surface area (Å²) in [5.41, 5.74) is 2.31. The van der Waals surface area contributed by atoms with E-state index in [9.17, 15) is 4.57 Å². The fourth-order valence-electron chi connectivity index (χ4n) is 3.85. The minimum atomic E-state index is -2.75. The molecule has 0 heterocycles. The van der Waals surface area contributed by atoms with Crippen LogP contribution in [0.25, 0.3) is 0 Å². The van der Waals surface area contributed by atoms with E-state index in [1.807, 2.05) is 60.7 Å². The molecular weight excluding hydrogens is 415 g/mol. The molecule has 2 aromatic rings. The highest BCUT2D eigenvalue weighted by Crippen LogP contribution is 2.45. The zero-order chi connectivity index (χ0) is 22.7. The van der Waals surface area contributed by atoms with E-state index in [1.165, 1.54) is 5.57 Å². The van der Waals surface area contributed by atoms with Gasteiger partial charge in [-0.15, -0.1) is 0 Å². The van der Waals surface area contributed by atoms with Crippen LogP contribution in [0.1, 0.15) is 40.0 Å². The molecule has 1 fully saturated rings. The fourth-order valence-corrected chi connectivity index (χ4v) is 7.68. The van der Waals surface area contributed by atoms with E-state index >= 15 is 0 Å². The van der Waals surface area contributed by atoms with E-state index in [0.717, 1.165) is 35.4 Å². The normalized spacial score (nSPS) is 19.6. The third-order valence-corrected chi connectivity index (χ3v) is 14.3. The van der Waals surface area contributed by atoms with Gasteiger partial charge in [0.05, 0.1) is 6.10 Å². The molecule has 0 spiro atoms. The van der Waals surface area contributed by atoms with E-state index in [0.29, 0.717) is 6.16 Å². The van der Waals surface area contributed by atoms with Gasteiger partial charge in [0.15, 0.2) is 8.32 Å². The zero-order valence-corrected chi connectivity index (χ0v) is 21.6. The Bertz CT molecular complexity index is 928. The van der Waals surface area contributed by atoms with Crippen LogP contribution in [0.5, 0.6) is 0 Å². The van der Waals surface area contributed by atoms with Crippen LogP contribution in [0, 0.1) is 0 Å². The Balaban J connectivity index is 1.87. The minimum Gasteiger partial charge on any atom is -0.410 e. The molecule has 0 N–H and O–H groups in total. The summed E-state index contributed by atoms with van der Waals surface area (Å²) in [6.07, 6.45) is 5.88. The highest BCUT2D eigenvalue weighted by molar-refractivity contribution is 7.78. The Morgan fingerprint density at radius 2 is 1.55 bits per heavy atom. The van der Waals surface area contributed by atoms with Crippen LogP contribution < -0.4 is 10.6 Å². The van der Waals surface area contributed by atoms with Gasteiger partial charge >= 0.3 is 0 Å². The Morgan fingerprint density at radius 3 is 2.03 bits per heavy atom. The third kappa shape index (κ3) is 5.39. The Morgan fingerprint density at radius 1 is 1.03 bits per heavy atom. The Labute approximate surface area is 189 Å². The molecule has 0 aromatic heterocycles. The minimum absolute atomic E-state index is 0.0775. The van der Waals surface area contributed by atoms with Crippen molar-refractivity contribution < 1.29 is 8.99 Å². The summed E-state index contributed by atoms with van der Waals surface area (Å²) in [6, 6.07) is 19.8. The molecule has 1 saturated carbocycles. The Kier molecular flexibility index (Phi) is 7.31. The van der Waals surface area contributed by atoms with E-state index in [-0.39, 0.29) is 11.1 Å². The molecule has 3 rings (SSSR count).